The van der Waals surface area contributed by atoms with E-state index in [1.54, 1.807) is 0 Å². The second kappa shape index (κ2) is 8.44. The molecule has 1 saturated heterocycles. The molecule has 4 aromatic rings. The third-order valence-corrected chi connectivity index (χ3v) is 6.43. The maximum atomic E-state index is 3.41. The van der Waals surface area contributed by atoms with E-state index >= 15 is 0 Å². The SMILES string of the molecule is c1ccc2c(CCN3CCCN(CCc4c[nH]c5ccccc45)CC3)c[nH]c2c1. The van der Waals surface area contributed by atoms with Crippen molar-refractivity contribution < 1.29 is 0 Å². The standard InChI is InChI=1S/C25H30N4/c1-3-8-24-22(6-1)20(18-26-24)10-14-28-12-5-13-29(17-16-28)15-11-21-19-27-25-9-4-2-7-23(21)25/h1-4,6-9,18-19,26-27H,5,10-17H2. The van der Waals surface area contributed by atoms with E-state index in [2.05, 4.69) is 80.7 Å². The average molecular weight is 387 g/mol. The second-order valence-corrected chi connectivity index (χ2v) is 8.26. The van der Waals surface area contributed by atoms with Gasteiger partial charge in [-0.25, -0.2) is 0 Å². The molecule has 2 aromatic carbocycles. The molecule has 0 spiro atoms. The highest BCUT2D eigenvalue weighted by atomic mass is 15.2. The van der Waals surface area contributed by atoms with Gasteiger partial charge in [0.05, 0.1) is 0 Å². The van der Waals surface area contributed by atoms with E-state index < -0.39 is 0 Å². The number of aromatic amines is 2. The van der Waals surface area contributed by atoms with Gasteiger partial charge in [0.15, 0.2) is 0 Å². The highest BCUT2D eigenvalue weighted by Crippen LogP contribution is 2.20. The summed E-state index contributed by atoms with van der Waals surface area (Å²) >= 11 is 0. The smallest absolute Gasteiger partial charge is 0.0456 e. The molecule has 0 bridgehead atoms. The van der Waals surface area contributed by atoms with Gasteiger partial charge in [-0.05, 0) is 55.6 Å². The summed E-state index contributed by atoms with van der Waals surface area (Å²) in [5.74, 6) is 0. The lowest BCUT2D eigenvalue weighted by Crippen LogP contribution is -2.33. The lowest BCUT2D eigenvalue weighted by Gasteiger charge is -2.21. The molecule has 3 heterocycles. The minimum absolute atomic E-state index is 1.12. The van der Waals surface area contributed by atoms with Crippen LogP contribution in [0.25, 0.3) is 21.8 Å². The van der Waals surface area contributed by atoms with Crippen LogP contribution in [0, 0.1) is 0 Å². The van der Waals surface area contributed by atoms with Gasteiger partial charge in [0, 0.05) is 60.4 Å². The summed E-state index contributed by atoms with van der Waals surface area (Å²) in [5.41, 5.74) is 5.39. The molecule has 1 fully saturated rings. The Morgan fingerprint density at radius 1 is 0.621 bits per heavy atom. The van der Waals surface area contributed by atoms with E-state index in [1.807, 2.05) is 0 Å². The molecule has 0 atom stereocenters. The van der Waals surface area contributed by atoms with E-state index in [1.165, 1.54) is 65.5 Å². The van der Waals surface area contributed by atoms with E-state index in [-0.39, 0.29) is 0 Å². The number of nitrogens with one attached hydrogen (secondary N) is 2. The Balaban J connectivity index is 1.13. The molecule has 0 saturated carbocycles. The first kappa shape index (κ1) is 18.5. The van der Waals surface area contributed by atoms with Crippen molar-refractivity contribution >= 4 is 21.8 Å². The Morgan fingerprint density at radius 2 is 1.10 bits per heavy atom. The third-order valence-electron chi connectivity index (χ3n) is 6.43. The molecule has 1 aliphatic rings. The number of nitrogens with zero attached hydrogens (tertiary/aromatic N) is 2. The lowest BCUT2D eigenvalue weighted by molar-refractivity contribution is 0.260. The Labute approximate surface area is 172 Å². The third kappa shape index (κ3) is 4.09. The predicted molar refractivity (Wildman–Crippen MR) is 122 cm³/mol. The molecule has 150 valence electrons. The van der Waals surface area contributed by atoms with Crippen LogP contribution in [0.5, 0.6) is 0 Å². The Bertz CT molecular complexity index is 991. The summed E-state index contributed by atoms with van der Waals surface area (Å²) in [4.78, 5) is 12.1. The van der Waals surface area contributed by atoms with E-state index in [0.29, 0.717) is 0 Å². The van der Waals surface area contributed by atoms with Gasteiger partial charge < -0.3 is 19.8 Å². The molecule has 2 N–H and O–H groups in total. The zero-order chi connectivity index (χ0) is 19.5. The van der Waals surface area contributed by atoms with Gasteiger partial charge in [-0.2, -0.15) is 0 Å². The summed E-state index contributed by atoms with van der Waals surface area (Å²) in [6.45, 7) is 7.08. The van der Waals surface area contributed by atoms with Crippen LogP contribution in [0.1, 0.15) is 17.5 Å². The number of para-hydroxylation sites is 2. The van der Waals surface area contributed by atoms with Gasteiger partial charge in [0.2, 0.25) is 0 Å². The molecule has 4 heteroatoms. The Morgan fingerprint density at radius 3 is 1.62 bits per heavy atom. The van der Waals surface area contributed by atoms with Crippen molar-refractivity contribution in [2.75, 3.05) is 39.3 Å². The summed E-state index contributed by atoms with van der Waals surface area (Å²) in [6.07, 6.45) is 7.90. The van der Waals surface area contributed by atoms with Crippen molar-refractivity contribution in [3.63, 3.8) is 0 Å². The second-order valence-electron chi connectivity index (χ2n) is 8.26. The quantitative estimate of drug-likeness (QED) is 0.514. The minimum atomic E-state index is 1.12. The molecule has 1 aliphatic heterocycles. The normalized spacial score (nSPS) is 16.6. The Hall–Kier alpha value is -2.56. The van der Waals surface area contributed by atoms with Crippen molar-refractivity contribution in [1.82, 2.24) is 19.8 Å². The van der Waals surface area contributed by atoms with Gasteiger partial charge >= 0.3 is 0 Å². The van der Waals surface area contributed by atoms with E-state index in [9.17, 15) is 0 Å². The molecule has 0 amide bonds. The average Bonchev–Trinajstić information content (AvgIpc) is 3.29. The van der Waals surface area contributed by atoms with Crippen LogP contribution in [0.4, 0.5) is 0 Å². The summed E-state index contributed by atoms with van der Waals surface area (Å²) in [6, 6.07) is 17.3. The molecule has 0 radical (unpaired) electrons. The number of rotatable bonds is 6. The molecule has 29 heavy (non-hydrogen) atoms. The van der Waals surface area contributed by atoms with Crippen LogP contribution in [-0.4, -0.2) is 59.0 Å². The van der Waals surface area contributed by atoms with Gasteiger partial charge in [-0.3, -0.25) is 0 Å². The number of aromatic nitrogens is 2. The summed E-state index contributed by atoms with van der Waals surface area (Å²) < 4.78 is 0. The van der Waals surface area contributed by atoms with Crippen LogP contribution < -0.4 is 0 Å². The van der Waals surface area contributed by atoms with Crippen LogP contribution in [-0.2, 0) is 12.8 Å². The number of fused-ring (bicyclic) bond motifs is 2. The van der Waals surface area contributed by atoms with Crippen molar-refractivity contribution in [3.05, 3.63) is 72.1 Å². The van der Waals surface area contributed by atoms with E-state index in [4.69, 9.17) is 0 Å². The largest absolute Gasteiger partial charge is 0.361 e. The van der Waals surface area contributed by atoms with Crippen LogP contribution in [0.15, 0.2) is 60.9 Å². The highest BCUT2D eigenvalue weighted by Gasteiger charge is 2.15. The minimum Gasteiger partial charge on any atom is -0.361 e. The maximum absolute atomic E-state index is 3.41. The highest BCUT2D eigenvalue weighted by molar-refractivity contribution is 5.83. The topological polar surface area (TPSA) is 38.1 Å². The van der Waals surface area contributed by atoms with Gasteiger partial charge in [0.25, 0.3) is 0 Å². The first-order valence-corrected chi connectivity index (χ1v) is 10.9. The number of hydrogen-bond donors (Lipinski definition) is 2. The zero-order valence-electron chi connectivity index (χ0n) is 17.0. The fourth-order valence-electron chi connectivity index (χ4n) is 4.71. The van der Waals surface area contributed by atoms with Crippen molar-refractivity contribution in [2.24, 2.45) is 0 Å². The first-order chi connectivity index (χ1) is 14.4. The maximum Gasteiger partial charge on any atom is 0.0456 e. The molecule has 4 nitrogen and oxygen atoms in total. The molecule has 0 unspecified atom stereocenters. The van der Waals surface area contributed by atoms with Gasteiger partial charge in [0.1, 0.15) is 0 Å². The summed E-state index contributed by atoms with van der Waals surface area (Å²) in [7, 11) is 0. The van der Waals surface area contributed by atoms with Crippen molar-refractivity contribution in [3.8, 4) is 0 Å². The fraction of sp³-hybridized carbons (Fsp3) is 0.360. The molecular weight excluding hydrogens is 356 g/mol. The predicted octanol–water partition coefficient (Wildman–Crippen LogP) is 4.44. The Kier molecular flexibility index (Phi) is 5.37. The van der Waals surface area contributed by atoms with Gasteiger partial charge in [-0.1, -0.05) is 36.4 Å². The fourth-order valence-corrected chi connectivity index (χ4v) is 4.71. The number of benzene rings is 2. The number of H-pyrrole nitrogens is 2. The van der Waals surface area contributed by atoms with Gasteiger partial charge in [-0.15, -0.1) is 0 Å². The van der Waals surface area contributed by atoms with E-state index in [0.717, 1.165) is 25.9 Å². The van der Waals surface area contributed by atoms with Crippen LogP contribution >= 0.6 is 0 Å². The first-order valence-electron chi connectivity index (χ1n) is 10.9. The van der Waals surface area contributed by atoms with Crippen LogP contribution in [0.2, 0.25) is 0 Å². The molecule has 0 aliphatic carbocycles. The molecule has 2 aromatic heterocycles. The number of hydrogen-bond acceptors (Lipinski definition) is 2. The van der Waals surface area contributed by atoms with Crippen molar-refractivity contribution in [2.45, 2.75) is 19.3 Å². The zero-order valence-corrected chi connectivity index (χ0v) is 17.0. The molecule has 5 rings (SSSR count). The van der Waals surface area contributed by atoms with Crippen molar-refractivity contribution in [1.29, 1.82) is 0 Å². The monoisotopic (exact) mass is 386 g/mol. The molecular formula is C25H30N4. The summed E-state index contributed by atoms with van der Waals surface area (Å²) in [5, 5.41) is 2.75. The lowest BCUT2D eigenvalue weighted by atomic mass is 10.1. The van der Waals surface area contributed by atoms with Crippen LogP contribution in [0.3, 0.4) is 0 Å².